The summed E-state index contributed by atoms with van der Waals surface area (Å²) in [5.74, 6) is 0. The van der Waals surface area contributed by atoms with Gasteiger partial charge in [-0.3, -0.25) is 0 Å². The third kappa shape index (κ3) is 3.80. The van der Waals surface area contributed by atoms with Crippen LogP contribution in [0.1, 0.15) is 6.42 Å². The van der Waals surface area contributed by atoms with E-state index >= 15 is 0 Å². The lowest BCUT2D eigenvalue weighted by Crippen LogP contribution is -2.41. The molecular weight excluding hydrogens is 336 g/mol. The largest absolute Gasteiger partial charge is 0.339 e. The molecule has 24 heavy (non-hydrogen) atoms. The molecule has 0 N–H and O–H groups in total. The Balaban J connectivity index is 1.84. The fourth-order valence-corrected chi connectivity index (χ4v) is 4.38. The van der Waals surface area contributed by atoms with Crippen LogP contribution in [-0.4, -0.2) is 38.2 Å². The third-order valence-corrected chi connectivity index (χ3v) is 5.72. The highest BCUT2D eigenvalue weighted by molar-refractivity contribution is 7.99. The summed E-state index contributed by atoms with van der Waals surface area (Å²) in [4.78, 5) is 5.01. The molecule has 0 bridgehead atoms. The molecule has 126 valence electrons. The van der Waals surface area contributed by atoms with Gasteiger partial charge in [-0.15, -0.1) is 0 Å². The van der Waals surface area contributed by atoms with Crippen LogP contribution in [-0.2, 0) is 0 Å². The average Bonchev–Trinajstić information content (AvgIpc) is 2.54. The summed E-state index contributed by atoms with van der Waals surface area (Å²) in [6.45, 7) is 6.97. The molecule has 1 heterocycles. The Kier molecular flexibility index (Phi) is 5.24. The summed E-state index contributed by atoms with van der Waals surface area (Å²) in [6, 6.07) is 14.8. The zero-order chi connectivity index (χ0) is 17.2. The number of anilines is 2. The molecule has 0 atom stereocenters. The lowest BCUT2D eigenvalue weighted by Gasteiger charge is -2.34. The normalized spacial score (nSPS) is 13.4. The van der Waals surface area contributed by atoms with Gasteiger partial charge in [0, 0.05) is 27.8 Å². The Labute approximate surface area is 154 Å². The van der Waals surface area contributed by atoms with Gasteiger partial charge in [0.15, 0.2) is 0 Å². The number of likely N-dealkylation sites (N-methyl/N-ethyl adjacent to an activating group) is 1. The van der Waals surface area contributed by atoms with E-state index in [9.17, 15) is 0 Å². The van der Waals surface area contributed by atoms with Gasteiger partial charge in [0.1, 0.15) is 0 Å². The van der Waals surface area contributed by atoms with E-state index in [0.29, 0.717) is 0 Å². The monoisotopic (exact) mass is 359 g/mol. The first-order valence-electron chi connectivity index (χ1n) is 8.27. The molecule has 0 aromatic heterocycles. The number of fused-ring (bicyclic) bond motifs is 2. The predicted octanol–water partition coefficient (Wildman–Crippen LogP) is 5.60. The van der Waals surface area contributed by atoms with Gasteiger partial charge in [0.05, 0.1) is 38.6 Å². The van der Waals surface area contributed by atoms with Crippen molar-refractivity contribution in [1.82, 2.24) is 0 Å². The van der Waals surface area contributed by atoms with Gasteiger partial charge in [0.25, 0.3) is 0 Å². The Morgan fingerprint density at radius 3 is 2.67 bits per heavy atom. The maximum Gasteiger partial charge on any atom is 0.0966 e. The van der Waals surface area contributed by atoms with Crippen molar-refractivity contribution in [1.29, 1.82) is 0 Å². The number of rotatable bonds is 6. The molecule has 1 aliphatic heterocycles. The van der Waals surface area contributed by atoms with Crippen molar-refractivity contribution in [3.8, 4) is 0 Å². The average molecular weight is 360 g/mol. The second kappa shape index (κ2) is 7.22. The van der Waals surface area contributed by atoms with Crippen LogP contribution in [0.25, 0.3) is 0 Å². The van der Waals surface area contributed by atoms with Crippen LogP contribution in [0.5, 0.6) is 0 Å². The van der Waals surface area contributed by atoms with Crippen LogP contribution in [0.4, 0.5) is 11.4 Å². The zero-order valence-corrected chi connectivity index (χ0v) is 15.9. The van der Waals surface area contributed by atoms with Crippen molar-refractivity contribution < 1.29 is 4.48 Å². The fraction of sp³-hybridized carbons (Fsp3) is 0.300. The molecule has 2 aromatic carbocycles. The predicted molar refractivity (Wildman–Crippen MR) is 106 cm³/mol. The van der Waals surface area contributed by atoms with Crippen molar-refractivity contribution in [2.75, 3.05) is 38.6 Å². The highest BCUT2D eigenvalue weighted by Crippen LogP contribution is 2.48. The molecule has 2 nitrogen and oxygen atoms in total. The molecule has 0 radical (unpaired) electrons. The summed E-state index contributed by atoms with van der Waals surface area (Å²) >= 11 is 8.09. The molecule has 0 unspecified atom stereocenters. The maximum absolute atomic E-state index is 6.27. The summed E-state index contributed by atoms with van der Waals surface area (Å²) in [5.41, 5.74) is 2.51. The molecule has 4 heteroatoms. The molecule has 1 aliphatic rings. The summed E-state index contributed by atoms with van der Waals surface area (Å²) in [7, 11) is 4.51. The Morgan fingerprint density at radius 2 is 1.88 bits per heavy atom. The summed E-state index contributed by atoms with van der Waals surface area (Å²) in [6.07, 6.45) is 3.12. The number of hydrogen-bond acceptors (Lipinski definition) is 2. The summed E-state index contributed by atoms with van der Waals surface area (Å²) < 4.78 is 0.968. The van der Waals surface area contributed by atoms with E-state index in [2.05, 4.69) is 62.0 Å². The highest BCUT2D eigenvalue weighted by Gasteiger charge is 2.24. The third-order valence-electron chi connectivity index (χ3n) is 4.36. The lowest BCUT2D eigenvalue weighted by molar-refractivity contribution is -0.884. The fourth-order valence-electron chi connectivity index (χ4n) is 3.14. The van der Waals surface area contributed by atoms with E-state index in [4.69, 9.17) is 11.6 Å². The molecule has 3 rings (SSSR count). The van der Waals surface area contributed by atoms with Gasteiger partial charge < -0.3 is 9.38 Å². The first kappa shape index (κ1) is 17.4. The molecule has 0 saturated heterocycles. The topological polar surface area (TPSA) is 3.24 Å². The van der Waals surface area contributed by atoms with E-state index in [0.717, 1.165) is 35.6 Å². The van der Waals surface area contributed by atoms with Crippen LogP contribution in [0, 0.1) is 0 Å². The number of quaternary nitrogens is 1. The number of para-hydroxylation sites is 1. The smallest absolute Gasteiger partial charge is 0.0966 e. The molecular formula is C20H24ClN2S+. The lowest BCUT2D eigenvalue weighted by atomic mass is 10.2. The van der Waals surface area contributed by atoms with Crippen molar-refractivity contribution in [3.05, 3.63) is 60.1 Å². The number of hydrogen-bond donors (Lipinski definition) is 0. The van der Waals surface area contributed by atoms with Gasteiger partial charge in [-0.05, 0) is 36.4 Å². The van der Waals surface area contributed by atoms with Gasteiger partial charge >= 0.3 is 0 Å². The summed E-state index contributed by atoms with van der Waals surface area (Å²) in [5, 5.41) is 0.793. The Bertz CT molecular complexity index is 742. The van der Waals surface area contributed by atoms with Crippen molar-refractivity contribution in [2.24, 2.45) is 0 Å². The van der Waals surface area contributed by atoms with Gasteiger partial charge in [0.2, 0.25) is 0 Å². The van der Waals surface area contributed by atoms with Gasteiger partial charge in [-0.25, -0.2) is 0 Å². The molecule has 0 amide bonds. The van der Waals surface area contributed by atoms with Crippen LogP contribution >= 0.6 is 23.4 Å². The maximum atomic E-state index is 6.27. The van der Waals surface area contributed by atoms with Crippen molar-refractivity contribution >= 4 is 34.7 Å². The molecule has 0 fully saturated rings. The highest BCUT2D eigenvalue weighted by atomic mass is 35.5. The van der Waals surface area contributed by atoms with Crippen LogP contribution < -0.4 is 4.90 Å². The SMILES string of the molecule is C=CC[N+](C)(C)CCCN1c2ccccc2Sc2ccc(Cl)cc21. The van der Waals surface area contributed by atoms with Gasteiger partial charge in [-0.2, -0.15) is 0 Å². The van der Waals surface area contributed by atoms with Crippen LogP contribution in [0.15, 0.2) is 64.9 Å². The minimum absolute atomic E-state index is 0.793. The van der Waals surface area contributed by atoms with E-state index in [-0.39, 0.29) is 0 Å². The van der Waals surface area contributed by atoms with E-state index < -0.39 is 0 Å². The van der Waals surface area contributed by atoms with Crippen molar-refractivity contribution in [2.45, 2.75) is 16.2 Å². The Morgan fingerprint density at radius 1 is 1.12 bits per heavy atom. The minimum atomic E-state index is 0.793. The van der Waals surface area contributed by atoms with Gasteiger partial charge in [-0.1, -0.05) is 42.1 Å². The van der Waals surface area contributed by atoms with Crippen molar-refractivity contribution in [3.63, 3.8) is 0 Å². The molecule has 0 aliphatic carbocycles. The second-order valence-electron chi connectivity index (χ2n) is 6.82. The number of benzene rings is 2. The zero-order valence-electron chi connectivity index (χ0n) is 14.3. The van der Waals surface area contributed by atoms with E-state index in [1.807, 2.05) is 23.9 Å². The number of nitrogens with zero attached hydrogens (tertiary/aromatic N) is 2. The van der Waals surface area contributed by atoms with E-state index in [1.54, 1.807) is 0 Å². The van der Waals surface area contributed by atoms with Crippen LogP contribution in [0.3, 0.4) is 0 Å². The quantitative estimate of drug-likeness (QED) is 0.488. The molecule has 0 saturated carbocycles. The minimum Gasteiger partial charge on any atom is -0.339 e. The van der Waals surface area contributed by atoms with E-state index in [1.165, 1.54) is 21.2 Å². The molecule has 2 aromatic rings. The number of halogens is 1. The second-order valence-corrected chi connectivity index (χ2v) is 8.34. The Hall–Kier alpha value is -1.42. The first-order chi connectivity index (χ1) is 11.5. The molecule has 0 spiro atoms. The first-order valence-corrected chi connectivity index (χ1v) is 9.46. The standard InChI is InChI=1S/C20H24ClN2S/c1-4-13-23(2,3)14-7-12-22-17-8-5-6-9-19(17)24-20-11-10-16(21)15-18(20)22/h4-6,8-11,15H,1,7,12-14H2,2-3H3/q+1. The van der Waals surface area contributed by atoms with Crippen LogP contribution in [0.2, 0.25) is 5.02 Å².